The molecule has 1 aliphatic rings. The molecule has 0 unspecified atom stereocenters. The Hall–Kier alpha value is -2.14. The fourth-order valence-electron chi connectivity index (χ4n) is 2.89. The highest BCUT2D eigenvalue weighted by molar-refractivity contribution is 7.17. The third-order valence-corrected chi connectivity index (χ3v) is 5.46. The van der Waals surface area contributed by atoms with E-state index in [1.165, 1.54) is 28.0 Å². The zero-order valence-corrected chi connectivity index (χ0v) is 15.6. The van der Waals surface area contributed by atoms with Gasteiger partial charge in [0.25, 0.3) is 5.91 Å². The number of hydrogen-bond donors (Lipinski definition) is 1. The second kappa shape index (κ2) is 7.40. The Labute approximate surface area is 152 Å². The Morgan fingerprint density at radius 1 is 1.16 bits per heavy atom. The van der Waals surface area contributed by atoms with Gasteiger partial charge < -0.3 is 10.1 Å². The van der Waals surface area contributed by atoms with Crippen LogP contribution in [0.1, 0.15) is 41.6 Å². The molecule has 0 aliphatic heterocycles. The zero-order chi connectivity index (χ0) is 18.0. The van der Waals surface area contributed by atoms with Gasteiger partial charge in [-0.2, -0.15) is 0 Å². The molecule has 25 heavy (non-hydrogen) atoms. The highest BCUT2D eigenvalue weighted by atomic mass is 32.1. The summed E-state index contributed by atoms with van der Waals surface area (Å²) in [5, 5.41) is 2.79. The molecule has 132 valence electrons. The van der Waals surface area contributed by atoms with Crippen LogP contribution in [0.3, 0.4) is 0 Å². The molecule has 4 nitrogen and oxygen atoms in total. The van der Waals surface area contributed by atoms with E-state index in [2.05, 4.69) is 17.4 Å². The van der Waals surface area contributed by atoms with E-state index in [1.54, 1.807) is 6.92 Å². The molecule has 1 aliphatic carbocycles. The van der Waals surface area contributed by atoms with Crippen LogP contribution in [0.25, 0.3) is 10.4 Å². The van der Waals surface area contributed by atoms with Crippen molar-refractivity contribution >= 4 is 23.2 Å². The summed E-state index contributed by atoms with van der Waals surface area (Å²) in [6, 6.07) is 10.2. The van der Waals surface area contributed by atoms with E-state index < -0.39 is 12.1 Å². The highest BCUT2D eigenvalue weighted by Gasteiger charge is 2.24. The molecule has 0 radical (unpaired) electrons. The van der Waals surface area contributed by atoms with Crippen molar-refractivity contribution in [3.8, 4) is 10.4 Å². The van der Waals surface area contributed by atoms with Crippen molar-refractivity contribution in [1.82, 2.24) is 5.32 Å². The van der Waals surface area contributed by atoms with Crippen LogP contribution in [0.5, 0.6) is 0 Å². The number of amides is 1. The summed E-state index contributed by atoms with van der Waals surface area (Å²) < 4.78 is 5.36. The van der Waals surface area contributed by atoms with Gasteiger partial charge in [-0.3, -0.25) is 4.79 Å². The Bertz CT molecular complexity index is 794. The molecular formula is C20H23NO3S. The van der Waals surface area contributed by atoms with Crippen LogP contribution in [0.2, 0.25) is 0 Å². The first-order chi connectivity index (χ1) is 12.0. The monoisotopic (exact) mass is 357 g/mol. The number of hydrogen-bond acceptors (Lipinski definition) is 4. The van der Waals surface area contributed by atoms with Gasteiger partial charge in [-0.15, -0.1) is 11.3 Å². The van der Waals surface area contributed by atoms with Crippen LogP contribution < -0.4 is 5.32 Å². The molecule has 1 aromatic carbocycles. The number of nitrogens with one attached hydrogen (secondary N) is 1. The van der Waals surface area contributed by atoms with E-state index in [1.807, 2.05) is 32.0 Å². The average Bonchev–Trinajstić information content (AvgIpc) is 3.04. The smallest absolute Gasteiger partial charge is 0.349 e. The van der Waals surface area contributed by atoms with Crippen molar-refractivity contribution in [3.05, 3.63) is 46.3 Å². The molecule has 0 spiro atoms. The van der Waals surface area contributed by atoms with Crippen molar-refractivity contribution < 1.29 is 14.3 Å². The molecule has 1 heterocycles. The molecule has 0 saturated heterocycles. The number of rotatable bonds is 5. The topological polar surface area (TPSA) is 55.4 Å². The summed E-state index contributed by atoms with van der Waals surface area (Å²) in [6.07, 6.45) is 1.13. The molecule has 0 bridgehead atoms. The molecule has 3 rings (SSSR count). The maximum Gasteiger partial charge on any atom is 0.349 e. The minimum absolute atomic E-state index is 0.256. The van der Waals surface area contributed by atoms with Crippen LogP contribution in [0.15, 0.2) is 30.3 Å². The summed E-state index contributed by atoms with van der Waals surface area (Å²) in [6.45, 7) is 6.22. The molecule has 2 aromatic rings. The lowest BCUT2D eigenvalue weighted by atomic mass is 9.91. The van der Waals surface area contributed by atoms with Gasteiger partial charge in [0, 0.05) is 11.4 Å². The summed E-state index contributed by atoms with van der Waals surface area (Å²) in [5.41, 5.74) is 3.71. The third-order valence-electron chi connectivity index (χ3n) is 4.27. The summed E-state index contributed by atoms with van der Waals surface area (Å²) in [7, 11) is 0. The van der Waals surface area contributed by atoms with E-state index in [0.717, 1.165) is 17.7 Å². The van der Waals surface area contributed by atoms with Crippen molar-refractivity contribution in [2.45, 2.75) is 39.7 Å². The highest BCUT2D eigenvalue weighted by Crippen LogP contribution is 2.39. The SMILES string of the molecule is CC(C)CNC(=O)[C@H](C)OC(=O)c1cc2c(s1)-c1ccccc1CC2. The Morgan fingerprint density at radius 2 is 1.88 bits per heavy atom. The van der Waals surface area contributed by atoms with Crippen LogP contribution in [0, 0.1) is 5.92 Å². The van der Waals surface area contributed by atoms with E-state index >= 15 is 0 Å². The van der Waals surface area contributed by atoms with Crippen molar-refractivity contribution in [2.75, 3.05) is 6.54 Å². The zero-order valence-electron chi connectivity index (χ0n) is 14.8. The maximum absolute atomic E-state index is 12.4. The molecule has 0 saturated carbocycles. The van der Waals surface area contributed by atoms with Gasteiger partial charge in [0.15, 0.2) is 6.10 Å². The minimum atomic E-state index is -0.794. The number of esters is 1. The van der Waals surface area contributed by atoms with Gasteiger partial charge in [0.2, 0.25) is 0 Å². The minimum Gasteiger partial charge on any atom is -0.448 e. The summed E-state index contributed by atoms with van der Waals surface area (Å²) in [5.74, 6) is -0.325. The quantitative estimate of drug-likeness (QED) is 0.828. The number of ether oxygens (including phenoxy) is 1. The van der Waals surface area contributed by atoms with E-state index in [-0.39, 0.29) is 5.91 Å². The first-order valence-corrected chi connectivity index (χ1v) is 9.47. The molecule has 1 aromatic heterocycles. The second-order valence-electron chi connectivity index (χ2n) is 6.81. The molecular weight excluding hydrogens is 334 g/mol. The first-order valence-electron chi connectivity index (χ1n) is 8.65. The van der Waals surface area contributed by atoms with Gasteiger partial charge in [-0.05, 0) is 48.4 Å². The Morgan fingerprint density at radius 3 is 2.64 bits per heavy atom. The van der Waals surface area contributed by atoms with E-state index in [0.29, 0.717) is 17.3 Å². The first kappa shape index (κ1) is 17.7. The summed E-state index contributed by atoms with van der Waals surface area (Å²) in [4.78, 5) is 26.1. The maximum atomic E-state index is 12.4. The van der Waals surface area contributed by atoms with Crippen LogP contribution >= 0.6 is 11.3 Å². The van der Waals surface area contributed by atoms with Gasteiger partial charge in [0.1, 0.15) is 4.88 Å². The third kappa shape index (κ3) is 3.93. The van der Waals surface area contributed by atoms with Crippen molar-refractivity contribution in [1.29, 1.82) is 0 Å². The predicted octanol–water partition coefficient (Wildman–Crippen LogP) is 3.83. The van der Waals surface area contributed by atoms with E-state index in [9.17, 15) is 9.59 Å². The van der Waals surface area contributed by atoms with Crippen LogP contribution in [0.4, 0.5) is 0 Å². The van der Waals surface area contributed by atoms with Gasteiger partial charge in [0.05, 0.1) is 0 Å². The number of carbonyl (C=O) groups is 2. The number of aryl methyl sites for hydroxylation is 2. The van der Waals surface area contributed by atoms with Crippen molar-refractivity contribution in [2.24, 2.45) is 5.92 Å². The Kier molecular flexibility index (Phi) is 5.23. The van der Waals surface area contributed by atoms with Gasteiger partial charge >= 0.3 is 5.97 Å². The summed E-state index contributed by atoms with van der Waals surface area (Å²) >= 11 is 1.45. The van der Waals surface area contributed by atoms with Crippen molar-refractivity contribution in [3.63, 3.8) is 0 Å². The second-order valence-corrected chi connectivity index (χ2v) is 7.86. The largest absolute Gasteiger partial charge is 0.448 e. The molecule has 1 atom stereocenters. The fraction of sp³-hybridized carbons (Fsp3) is 0.400. The lowest BCUT2D eigenvalue weighted by molar-refractivity contribution is -0.129. The van der Waals surface area contributed by atoms with Gasteiger partial charge in [-0.1, -0.05) is 38.1 Å². The standard InChI is InChI=1S/C20H23NO3S/c1-12(2)11-21-19(22)13(3)24-20(23)17-10-15-9-8-14-6-4-5-7-16(14)18(15)25-17/h4-7,10,12-13H,8-9,11H2,1-3H3,(H,21,22)/t13-/m0/s1. The number of thiophene rings is 1. The van der Waals surface area contributed by atoms with Gasteiger partial charge in [-0.25, -0.2) is 4.79 Å². The van der Waals surface area contributed by atoms with Crippen LogP contribution in [-0.4, -0.2) is 24.5 Å². The molecule has 5 heteroatoms. The molecule has 0 fully saturated rings. The number of benzene rings is 1. The lowest BCUT2D eigenvalue weighted by Crippen LogP contribution is -2.37. The average molecular weight is 357 g/mol. The predicted molar refractivity (Wildman–Crippen MR) is 99.9 cm³/mol. The van der Waals surface area contributed by atoms with E-state index in [4.69, 9.17) is 4.74 Å². The molecule has 1 N–H and O–H groups in total. The van der Waals surface area contributed by atoms with Crippen LogP contribution in [-0.2, 0) is 22.4 Å². The number of carbonyl (C=O) groups excluding carboxylic acids is 2. The normalized spacial score (nSPS) is 13.8. The Balaban J connectivity index is 1.71. The fourth-order valence-corrected chi connectivity index (χ4v) is 4.05. The lowest BCUT2D eigenvalue weighted by Gasteiger charge is -2.15. The number of fused-ring (bicyclic) bond motifs is 3. The molecule has 1 amide bonds.